The summed E-state index contributed by atoms with van der Waals surface area (Å²) in [5, 5.41) is 5.35. The number of hydrogen-bond acceptors (Lipinski definition) is 0. The van der Waals surface area contributed by atoms with Gasteiger partial charge < -0.3 is 9.13 Å². The molecule has 6 aromatic rings. The zero-order valence-electron chi connectivity index (χ0n) is 35.2. The smallest absolute Gasteiger partial charge is 0.0541 e. The van der Waals surface area contributed by atoms with Crippen LogP contribution in [0.4, 0.5) is 0 Å². The Morgan fingerprint density at radius 1 is 0.607 bits per heavy atom. The zero-order chi connectivity index (χ0) is 40.4. The van der Waals surface area contributed by atoms with Crippen LogP contribution in [0, 0.1) is 23.2 Å². The number of aromatic nitrogens is 2. The van der Waals surface area contributed by atoms with Crippen molar-refractivity contribution in [3.05, 3.63) is 203 Å². The Morgan fingerprint density at radius 3 is 2.03 bits per heavy atom. The molecular weight excluding hydrogens is 737 g/mol. The van der Waals surface area contributed by atoms with Crippen LogP contribution in [-0.2, 0) is 0 Å². The zero-order valence-corrected chi connectivity index (χ0v) is 35.2. The molecule has 7 aliphatic rings. The maximum absolute atomic E-state index is 2.60. The highest BCUT2D eigenvalue weighted by Gasteiger charge is 2.45. The summed E-state index contributed by atoms with van der Waals surface area (Å²) in [6, 6.07) is 32.5. The Labute approximate surface area is 358 Å². The monoisotopic (exact) mass is 786 g/mol. The van der Waals surface area contributed by atoms with Crippen molar-refractivity contribution in [2.75, 3.05) is 0 Å². The highest BCUT2D eigenvalue weighted by Crippen LogP contribution is 2.59. The molecule has 296 valence electrons. The van der Waals surface area contributed by atoms with Gasteiger partial charge in [0.05, 0.1) is 22.1 Å². The van der Waals surface area contributed by atoms with E-state index in [0.717, 1.165) is 32.1 Å². The van der Waals surface area contributed by atoms with Gasteiger partial charge in [0.25, 0.3) is 0 Å². The molecule has 2 aromatic heterocycles. The van der Waals surface area contributed by atoms with E-state index in [0.29, 0.717) is 17.8 Å². The van der Waals surface area contributed by atoms with Crippen LogP contribution in [-0.4, -0.2) is 9.13 Å². The molecule has 7 aliphatic carbocycles. The van der Waals surface area contributed by atoms with Gasteiger partial charge in [-0.3, -0.25) is 0 Å². The van der Waals surface area contributed by atoms with Gasteiger partial charge in [-0.15, -0.1) is 0 Å². The van der Waals surface area contributed by atoms with E-state index >= 15 is 0 Å². The third-order valence-corrected chi connectivity index (χ3v) is 15.5. The topological polar surface area (TPSA) is 9.86 Å². The summed E-state index contributed by atoms with van der Waals surface area (Å²) in [5.74, 6) is 1.62. The molecule has 2 heterocycles. The number of allylic oxidation sites excluding steroid dienone is 22. The van der Waals surface area contributed by atoms with E-state index in [9.17, 15) is 0 Å². The third-order valence-electron chi connectivity index (χ3n) is 15.5. The fourth-order valence-electron chi connectivity index (χ4n) is 12.3. The molecule has 2 heteroatoms. The van der Waals surface area contributed by atoms with Crippen molar-refractivity contribution in [1.29, 1.82) is 0 Å². The number of hydrogen-bond donors (Lipinski definition) is 0. The average Bonchev–Trinajstić information content (AvgIpc) is 3.90. The van der Waals surface area contributed by atoms with E-state index in [-0.39, 0.29) is 5.41 Å². The Balaban J connectivity index is 0.838. The second-order valence-electron chi connectivity index (χ2n) is 19.1. The summed E-state index contributed by atoms with van der Waals surface area (Å²) in [4.78, 5) is 0. The van der Waals surface area contributed by atoms with E-state index in [2.05, 4.69) is 187 Å². The van der Waals surface area contributed by atoms with Crippen molar-refractivity contribution >= 4 is 66.2 Å². The lowest BCUT2D eigenvalue weighted by Gasteiger charge is -2.33. The summed E-state index contributed by atoms with van der Waals surface area (Å²) in [6.07, 6.45) is 38.8. The number of para-hydroxylation sites is 2. The normalized spacial score (nSPS) is 23.8. The second-order valence-corrected chi connectivity index (χ2v) is 19.1. The molecule has 0 fully saturated rings. The van der Waals surface area contributed by atoms with Crippen LogP contribution in [0.25, 0.3) is 66.2 Å². The van der Waals surface area contributed by atoms with Crippen LogP contribution in [0.1, 0.15) is 69.9 Å². The molecule has 2 nitrogen and oxygen atoms in total. The van der Waals surface area contributed by atoms with Gasteiger partial charge in [0.15, 0.2) is 0 Å². The minimum atomic E-state index is 0.0422. The largest absolute Gasteiger partial charge is 0.310 e. The molecule has 2 unspecified atom stereocenters. The molecule has 0 saturated heterocycles. The van der Waals surface area contributed by atoms with E-state index < -0.39 is 0 Å². The van der Waals surface area contributed by atoms with E-state index in [1.54, 1.807) is 16.7 Å². The van der Waals surface area contributed by atoms with Crippen molar-refractivity contribution in [2.45, 2.75) is 58.8 Å². The quantitative estimate of drug-likeness (QED) is 0.168. The van der Waals surface area contributed by atoms with Crippen LogP contribution in [0.5, 0.6) is 0 Å². The summed E-state index contributed by atoms with van der Waals surface area (Å²) in [7, 11) is 0. The predicted molar refractivity (Wildman–Crippen MR) is 259 cm³/mol. The minimum absolute atomic E-state index is 0.0422. The molecule has 0 N–H and O–H groups in total. The van der Waals surface area contributed by atoms with Crippen LogP contribution >= 0.6 is 0 Å². The van der Waals surface area contributed by atoms with Crippen LogP contribution in [0.15, 0.2) is 192 Å². The lowest BCUT2D eigenvalue weighted by Crippen LogP contribution is -2.23. The molecule has 0 amide bonds. The summed E-state index contributed by atoms with van der Waals surface area (Å²) < 4.78 is 5.00. The number of fused-ring (bicyclic) bond motifs is 10. The second kappa shape index (κ2) is 13.3. The maximum Gasteiger partial charge on any atom is 0.0541 e. The Morgan fingerprint density at radius 2 is 1.28 bits per heavy atom. The van der Waals surface area contributed by atoms with Gasteiger partial charge in [-0.2, -0.15) is 0 Å². The number of rotatable bonds is 4. The molecule has 61 heavy (non-hydrogen) atoms. The van der Waals surface area contributed by atoms with Gasteiger partial charge in [0.1, 0.15) is 0 Å². The molecule has 13 rings (SSSR count). The molecule has 0 spiro atoms. The Hall–Kier alpha value is -6.38. The van der Waals surface area contributed by atoms with Crippen LogP contribution in [0.3, 0.4) is 0 Å². The van der Waals surface area contributed by atoms with Crippen molar-refractivity contribution in [3.8, 4) is 0 Å². The lowest BCUT2D eigenvalue weighted by atomic mass is 9.70. The highest BCUT2D eigenvalue weighted by molar-refractivity contribution is 6.12. The molecule has 0 aliphatic heterocycles. The molecule has 4 aromatic carbocycles. The fraction of sp³-hybridized carbons (Fsp3) is 0.220. The first-order chi connectivity index (χ1) is 30.0. The van der Waals surface area contributed by atoms with Gasteiger partial charge in [0.2, 0.25) is 0 Å². The first kappa shape index (κ1) is 35.4. The standard InChI is InChI=1S/C59H50N2/c1-59(2)53-35-43(41-23-29-57-51(33-41)49-15-7-9-17-55(49)60(57)45-25-19-37-11-3-5-13-39(37)31-45)21-27-47(53)48-28-22-44(36-54(48)59)42-24-30-58-52(34-42)50-16-8-10-18-56(50)61(58)46-26-20-38-12-4-6-14-40(38)32-46/h3,5-11,13-18,21,23-27,29-34,36-38,53H,4,12,19-20,22,28,35H2,1-2H3/t37?,38-,53?/m0/s1. The Kier molecular flexibility index (Phi) is 7.72. The molecule has 0 bridgehead atoms. The first-order valence-electron chi connectivity index (χ1n) is 22.8. The van der Waals surface area contributed by atoms with E-state index in [1.165, 1.54) is 101 Å². The first-order valence-corrected chi connectivity index (χ1v) is 22.8. The SMILES string of the molecule is CC1(C)C2=C(CCC(c3ccc4c(c3)c3ccccc3n4C3=CC[C@@H]4CCC=CC4=C3)=C2)C2=CC=C(c3ccc4c(c3)c3ccccc3n4C3=CCC4C=CC=CC4=C3)CC21. The molecular formula is C59H50N2. The van der Waals surface area contributed by atoms with Crippen molar-refractivity contribution < 1.29 is 0 Å². The van der Waals surface area contributed by atoms with Gasteiger partial charge >= 0.3 is 0 Å². The van der Waals surface area contributed by atoms with Crippen molar-refractivity contribution in [3.63, 3.8) is 0 Å². The fourth-order valence-corrected chi connectivity index (χ4v) is 12.3. The van der Waals surface area contributed by atoms with E-state index in [4.69, 9.17) is 0 Å². The molecule has 0 radical (unpaired) electrons. The van der Waals surface area contributed by atoms with Gasteiger partial charge in [0, 0.05) is 38.9 Å². The summed E-state index contributed by atoms with van der Waals surface area (Å²) in [5.41, 5.74) is 21.1. The molecule has 3 atom stereocenters. The summed E-state index contributed by atoms with van der Waals surface area (Å²) >= 11 is 0. The number of nitrogens with zero attached hydrogens (tertiary/aromatic N) is 2. The van der Waals surface area contributed by atoms with Gasteiger partial charge in [-0.25, -0.2) is 0 Å². The average molecular weight is 787 g/mol. The third kappa shape index (κ3) is 5.34. The number of benzene rings is 4. The molecule has 0 saturated carbocycles. The van der Waals surface area contributed by atoms with Crippen LogP contribution < -0.4 is 0 Å². The highest BCUT2D eigenvalue weighted by atomic mass is 15.0. The maximum atomic E-state index is 2.60. The van der Waals surface area contributed by atoms with Crippen molar-refractivity contribution in [2.24, 2.45) is 23.2 Å². The van der Waals surface area contributed by atoms with Gasteiger partial charge in [-0.1, -0.05) is 129 Å². The minimum Gasteiger partial charge on any atom is -0.310 e. The van der Waals surface area contributed by atoms with E-state index in [1.807, 2.05) is 0 Å². The Bertz CT molecular complexity index is 3300. The van der Waals surface area contributed by atoms with Gasteiger partial charge in [-0.05, 0) is 161 Å². The lowest BCUT2D eigenvalue weighted by molar-refractivity contribution is 0.340. The van der Waals surface area contributed by atoms with Crippen molar-refractivity contribution in [1.82, 2.24) is 9.13 Å². The predicted octanol–water partition coefficient (Wildman–Crippen LogP) is 15.5. The summed E-state index contributed by atoms with van der Waals surface area (Å²) in [6.45, 7) is 5.02. The van der Waals surface area contributed by atoms with Crippen LogP contribution in [0.2, 0.25) is 0 Å².